The number of aliphatic carboxylic acids is 3. The maximum Gasteiger partial charge on any atom is 0.326 e. The van der Waals surface area contributed by atoms with Gasteiger partial charge in [0.15, 0.2) is 0 Å². The highest BCUT2D eigenvalue weighted by atomic mass is 32.2. The van der Waals surface area contributed by atoms with Gasteiger partial charge in [-0.25, -0.2) is 4.79 Å². The Balaban J connectivity index is 2.29. The van der Waals surface area contributed by atoms with Gasteiger partial charge in [-0.15, -0.1) is 23.5 Å². The molecule has 0 aliphatic carbocycles. The number of aliphatic hydroxyl groups is 2. The van der Waals surface area contributed by atoms with Crippen LogP contribution in [-0.2, 0) is 87.9 Å². The lowest BCUT2D eigenvalue weighted by Crippen LogP contribution is -2.61. The molecule has 115 heavy (non-hydrogen) atoms. The van der Waals surface area contributed by atoms with Crippen LogP contribution >= 0.6 is 35.3 Å². The number of carbonyl (C=O) groups is 17. The molecular formula is C73H119N17O22S3. The Morgan fingerprint density at radius 2 is 0.957 bits per heavy atom. The van der Waals surface area contributed by atoms with Crippen LogP contribution in [0, 0.1) is 17.8 Å². The number of aliphatic hydroxyl groups excluding tert-OH is 2. The van der Waals surface area contributed by atoms with Gasteiger partial charge in [-0.2, -0.15) is 11.8 Å². The maximum absolute atomic E-state index is 14.4. The van der Waals surface area contributed by atoms with Gasteiger partial charge in [0.1, 0.15) is 66.5 Å². The molecule has 39 nitrogen and oxygen atoms in total. The molecule has 0 aliphatic heterocycles. The number of nitrogens with two attached hydrogens (primary N) is 2. The number of thioether (sulfide) groups is 3. The molecule has 14 atom stereocenters. The van der Waals surface area contributed by atoms with Crippen LogP contribution in [0.25, 0.3) is 10.9 Å². The monoisotopic (exact) mass is 1680 g/mol. The quantitative estimate of drug-likeness (QED) is 0.0234. The normalized spacial score (nSPS) is 14.8. The highest BCUT2D eigenvalue weighted by molar-refractivity contribution is 7.99. The van der Waals surface area contributed by atoms with Crippen molar-refractivity contribution in [3.63, 3.8) is 0 Å². The fourth-order valence-corrected chi connectivity index (χ4v) is 13.4. The summed E-state index contributed by atoms with van der Waals surface area (Å²) in [6.07, 6.45) is 2.57. The van der Waals surface area contributed by atoms with Crippen molar-refractivity contribution in [2.75, 3.05) is 61.6 Å². The summed E-state index contributed by atoms with van der Waals surface area (Å²) in [5.74, 6) is -17.4. The first kappa shape index (κ1) is 102. The number of carboxylic acids is 3. The second-order valence-corrected chi connectivity index (χ2v) is 31.1. The number of fused-ring (bicyclic) bond motifs is 1. The molecule has 1 heterocycles. The van der Waals surface area contributed by atoms with Crippen molar-refractivity contribution in [3.05, 3.63) is 36.0 Å². The van der Waals surface area contributed by atoms with Gasteiger partial charge in [-0.1, -0.05) is 79.0 Å². The lowest BCUT2D eigenvalue weighted by molar-refractivity contribution is -0.142. The lowest BCUT2D eigenvalue weighted by atomic mass is 9.94. The van der Waals surface area contributed by atoms with Crippen molar-refractivity contribution >= 4 is 147 Å². The van der Waals surface area contributed by atoms with Crippen molar-refractivity contribution in [1.29, 1.82) is 0 Å². The maximum atomic E-state index is 14.4. The fourth-order valence-electron chi connectivity index (χ4n) is 11.2. The molecule has 0 saturated heterocycles. The average Bonchev–Trinajstić information content (AvgIpc) is 1.62. The Morgan fingerprint density at radius 1 is 0.478 bits per heavy atom. The molecule has 0 saturated carbocycles. The number of para-hydroxylation sites is 1. The molecule has 0 aliphatic rings. The largest absolute Gasteiger partial charge is 0.481 e. The van der Waals surface area contributed by atoms with Crippen LogP contribution in [-0.4, -0.2) is 265 Å². The molecular weight excluding hydrogens is 1560 g/mol. The van der Waals surface area contributed by atoms with Crippen molar-refractivity contribution in [2.24, 2.45) is 29.2 Å². The molecule has 1 aromatic carbocycles. The molecule has 1 aromatic heterocycles. The van der Waals surface area contributed by atoms with Gasteiger partial charge < -0.3 is 116 Å². The average molecular weight is 1680 g/mol. The highest BCUT2D eigenvalue weighted by Crippen LogP contribution is 2.21. The van der Waals surface area contributed by atoms with E-state index in [2.05, 4.69) is 79.4 Å². The van der Waals surface area contributed by atoms with Gasteiger partial charge in [0.2, 0.25) is 82.7 Å². The first-order valence-electron chi connectivity index (χ1n) is 38.1. The number of benzene rings is 1. The van der Waals surface area contributed by atoms with Gasteiger partial charge in [0.05, 0.1) is 37.4 Å². The number of aromatic amines is 1. The first-order valence-corrected chi connectivity index (χ1v) is 41.8. The summed E-state index contributed by atoms with van der Waals surface area (Å²) in [5, 5.41) is 86.0. The summed E-state index contributed by atoms with van der Waals surface area (Å²) < 4.78 is 0. The van der Waals surface area contributed by atoms with Crippen molar-refractivity contribution in [2.45, 2.75) is 224 Å². The number of nitrogens with one attached hydrogen (secondary N) is 15. The van der Waals surface area contributed by atoms with Crippen LogP contribution in [0.3, 0.4) is 0 Å². The second kappa shape index (κ2) is 55.2. The van der Waals surface area contributed by atoms with Gasteiger partial charge in [-0.05, 0) is 99.3 Å². The van der Waals surface area contributed by atoms with Crippen LogP contribution in [0.15, 0.2) is 30.5 Å². The molecule has 14 amide bonds. The Bertz CT molecular complexity index is 3560. The zero-order valence-corrected chi connectivity index (χ0v) is 69.0. The van der Waals surface area contributed by atoms with E-state index in [-0.39, 0.29) is 105 Å². The number of unbranched alkanes of at least 4 members (excludes halogenated alkanes) is 3. The minimum atomic E-state index is -1.97. The van der Waals surface area contributed by atoms with Crippen LogP contribution in [0.5, 0.6) is 0 Å². The SMILES string of the molecule is CC[C@H](C)[C@H](NC(=O)CCCCCNC(=O)[C@H](CSCNC(C)=O)NC(=O)[C@H](CCC(=O)O)NC(=O)[C@H](CCCCN)NC(=O)[C@H](CC(=O)O)NC(=O)[C@H](CCSC)NC(=O)[C@H](CC(C)C)NC(=O)[C@H](CO)NC(=O)[C@H](CO)NC(=O)[C@@H](N)CSCNC(C)=O)C(=O)N[C@H](C(=O)N[C@@H](Cc1c[nH]c2ccccc12)C(=O)O)[C@@H](C)CC. The summed E-state index contributed by atoms with van der Waals surface area (Å²) in [6.45, 7) is 11.1. The molecule has 0 radical (unpaired) electrons. The number of amides is 14. The van der Waals surface area contributed by atoms with E-state index in [1.165, 1.54) is 25.6 Å². The number of carboxylic acid groups (broad SMARTS) is 3. The molecule has 0 spiro atoms. The first-order chi connectivity index (χ1) is 54.4. The van der Waals surface area contributed by atoms with Crippen LogP contribution < -0.4 is 85.9 Å². The minimum Gasteiger partial charge on any atom is -0.481 e. The number of aromatic nitrogens is 1. The Labute approximate surface area is 681 Å². The molecule has 0 fully saturated rings. The van der Waals surface area contributed by atoms with E-state index in [0.717, 1.165) is 34.4 Å². The van der Waals surface area contributed by atoms with Crippen LogP contribution in [0.1, 0.15) is 151 Å². The third-order valence-corrected chi connectivity index (χ3v) is 20.7. The second-order valence-electron chi connectivity index (χ2n) is 28.1. The number of carbonyl (C=O) groups excluding carboxylic acids is 14. The van der Waals surface area contributed by atoms with E-state index in [4.69, 9.17) is 11.5 Å². The van der Waals surface area contributed by atoms with E-state index < -0.39 is 212 Å². The van der Waals surface area contributed by atoms with Crippen LogP contribution in [0.4, 0.5) is 0 Å². The molecule has 2 rings (SSSR count). The highest BCUT2D eigenvalue weighted by Gasteiger charge is 2.38. The molecule has 0 bridgehead atoms. The number of H-pyrrole nitrogens is 1. The summed E-state index contributed by atoms with van der Waals surface area (Å²) in [7, 11) is 0. The summed E-state index contributed by atoms with van der Waals surface area (Å²) in [5.41, 5.74) is 13.1. The van der Waals surface area contributed by atoms with Gasteiger partial charge >= 0.3 is 17.9 Å². The van der Waals surface area contributed by atoms with E-state index in [0.29, 0.717) is 31.2 Å². The zero-order chi connectivity index (χ0) is 86.4. The molecule has 2 aromatic rings. The van der Waals surface area contributed by atoms with E-state index in [9.17, 15) is 107 Å². The van der Waals surface area contributed by atoms with Crippen molar-refractivity contribution < 1.29 is 107 Å². The number of hydrogen-bond donors (Lipinski definition) is 22. The summed E-state index contributed by atoms with van der Waals surface area (Å²) in [6, 6.07) is -10.7. The standard InChI is InChI=1S/C73H119N17O22S3/c1-10-40(5)60(72(110)90-61(41(6)11-2)71(109)85-53(73(111)112)30-44-32-77-47-20-15-14-19-45(44)47)89-57(95)22-13-12-18-27-76-63(101)56(36-115-38-79-43(8)94)88-65(103)49(23-24-58(96)97)81-64(102)48(21-16-17-26-74)80-68(106)52(31-59(98)99)84-66(104)50(25-28-113-9)82-67(105)51(29-39(3)4)83-69(107)55(34-92)87-70(108)54(33-91)86-62(100)46(75)35-114-37-78-42(7)93/h14-15,19-20,32,39-41,46,48-56,60-61,77,91-92H,10-13,16-18,21-31,33-38,74-75H2,1-9H3,(H,76,101)(H,78,93)(H,79,94)(H,80,106)(H,81,102)(H,82,105)(H,83,107)(H,84,104)(H,85,109)(H,86,100)(H,87,108)(H,88,103)(H,89,95)(H,90,110)(H,96,97)(H,98,99)(H,111,112)/t40-,41-,46-,48-,49-,50-,51-,52-,53-,54-,55-,56-,60-,61-/m0/s1. The predicted molar refractivity (Wildman–Crippen MR) is 430 cm³/mol. The van der Waals surface area contributed by atoms with Crippen LogP contribution in [0.2, 0.25) is 0 Å². The van der Waals surface area contributed by atoms with Crippen molar-refractivity contribution in [1.82, 2.24) is 79.4 Å². The molecule has 0 unspecified atom stereocenters. The predicted octanol–water partition coefficient (Wildman–Crippen LogP) is -2.87. The lowest BCUT2D eigenvalue weighted by Gasteiger charge is -2.29. The Morgan fingerprint density at radius 3 is 1.49 bits per heavy atom. The van der Waals surface area contributed by atoms with Gasteiger partial charge in [0.25, 0.3) is 0 Å². The van der Waals surface area contributed by atoms with Crippen molar-refractivity contribution in [3.8, 4) is 0 Å². The summed E-state index contributed by atoms with van der Waals surface area (Å²) in [4.78, 5) is 229. The Hall–Kier alpha value is -9.36. The Kier molecular flexibility index (Phi) is 48.9. The smallest absolute Gasteiger partial charge is 0.326 e. The fraction of sp³-hybridized carbons (Fsp3) is 0.658. The molecule has 42 heteroatoms. The minimum absolute atomic E-state index is 0.00198. The third kappa shape index (κ3) is 39.2. The van der Waals surface area contributed by atoms with E-state index in [1.54, 1.807) is 40.1 Å². The molecule has 24 N–H and O–H groups in total. The third-order valence-electron chi connectivity index (χ3n) is 18.2. The number of rotatable bonds is 59. The summed E-state index contributed by atoms with van der Waals surface area (Å²) >= 11 is 3.34. The van der Waals surface area contributed by atoms with Gasteiger partial charge in [-0.3, -0.25) is 76.7 Å². The van der Waals surface area contributed by atoms with E-state index in [1.807, 2.05) is 38.1 Å². The van der Waals surface area contributed by atoms with Gasteiger partial charge in [0, 0.05) is 68.3 Å². The van der Waals surface area contributed by atoms with E-state index >= 15 is 0 Å². The molecule has 646 valence electrons. The topological polar surface area (TPSA) is 628 Å². The number of hydrogen-bond acceptors (Lipinski definition) is 24. The zero-order valence-electron chi connectivity index (χ0n) is 66.6.